The SMILES string of the molecule is COCCC(C)(O)CNCc1cccnc1/C(N)=N/O. The number of oxime groups is 1. The highest BCUT2D eigenvalue weighted by molar-refractivity contribution is 5.96. The molecule has 0 spiro atoms. The van der Waals surface area contributed by atoms with Crippen molar-refractivity contribution in [2.24, 2.45) is 10.9 Å². The number of nitrogens with two attached hydrogens (primary N) is 1. The van der Waals surface area contributed by atoms with E-state index in [-0.39, 0.29) is 5.84 Å². The molecule has 0 fully saturated rings. The number of aliphatic hydroxyl groups is 1. The van der Waals surface area contributed by atoms with Gasteiger partial charge in [0.25, 0.3) is 0 Å². The Morgan fingerprint density at radius 2 is 2.35 bits per heavy atom. The number of nitrogens with one attached hydrogen (secondary N) is 1. The molecule has 0 aromatic carbocycles. The van der Waals surface area contributed by atoms with Crippen molar-refractivity contribution in [3.8, 4) is 0 Å². The van der Waals surface area contributed by atoms with Crippen LogP contribution in [0.3, 0.4) is 0 Å². The lowest BCUT2D eigenvalue weighted by Crippen LogP contribution is -2.38. The van der Waals surface area contributed by atoms with E-state index in [0.717, 1.165) is 5.56 Å². The fraction of sp³-hybridized carbons (Fsp3) is 0.538. The van der Waals surface area contributed by atoms with Crippen LogP contribution in [0.1, 0.15) is 24.6 Å². The van der Waals surface area contributed by atoms with E-state index in [9.17, 15) is 5.11 Å². The first-order valence-electron chi connectivity index (χ1n) is 6.34. The molecule has 20 heavy (non-hydrogen) atoms. The highest BCUT2D eigenvalue weighted by Crippen LogP contribution is 2.09. The van der Waals surface area contributed by atoms with Crippen molar-refractivity contribution in [1.82, 2.24) is 10.3 Å². The summed E-state index contributed by atoms with van der Waals surface area (Å²) in [5, 5.41) is 24.9. The average molecular weight is 282 g/mol. The zero-order valence-corrected chi connectivity index (χ0v) is 11.8. The lowest BCUT2D eigenvalue weighted by atomic mass is 10.0. The second kappa shape index (κ2) is 7.78. The van der Waals surface area contributed by atoms with Crippen molar-refractivity contribution < 1.29 is 15.1 Å². The van der Waals surface area contributed by atoms with E-state index in [4.69, 9.17) is 15.7 Å². The number of methoxy groups -OCH3 is 1. The van der Waals surface area contributed by atoms with Crippen molar-refractivity contribution in [2.75, 3.05) is 20.3 Å². The molecule has 1 unspecified atom stereocenters. The Hall–Kier alpha value is -1.70. The van der Waals surface area contributed by atoms with Crippen LogP contribution in [0.5, 0.6) is 0 Å². The summed E-state index contributed by atoms with van der Waals surface area (Å²) in [5.41, 5.74) is 5.94. The topological polar surface area (TPSA) is 113 Å². The summed E-state index contributed by atoms with van der Waals surface area (Å²) in [5.74, 6) is -0.0338. The maximum Gasteiger partial charge on any atom is 0.189 e. The normalized spacial score (nSPS) is 15.1. The van der Waals surface area contributed by atoms with Gasteiger partial charge in [-0.05, 0) is 18.6 Å². The van der Waals surface area contributed by atoms with Crippen LogP contribution in [-0.4, -0.2) is 47.0 Å². The number of amidine groups is 1. The van der Waals surface area contributed by atoms with Gasteiger partial charge in [-0.15, -0.1) is 0 Å². The van der Waals surface area contributed by atoms with Gasteiger partial charge in [-0.25, -0.2) is 0 Å². The molecule has 7 nitrogen and oxygen atoms in total. The van der Waals surface area contributed by atoms with Crippen LogP contribution in [0.15, 0.2) is 23.5 Å². The quantitative estimate of drug-likeness (QED) is 0.232. The highest BCUT2D eigenvalue weighted by Gasteiger charge is 2.19. The van der Waals surface area contributed by atoms with Gasteiger partial charge in [0.1, 0.15) is 5.69 Å². The van der Waals surface area contributed by atoms with Crippen LogP contribution in [0.4, 0.5) is 0 Å². The van der Waals surface area contributed by atoms with E-state index >= 15 is 0 Å². The summed E-state index contributed by atoms with van der Waals surface area (Å²) in [7, 11) is 1.60. The Morgan fingerprint density at radius 1 is 1.60 bits per heavy atom. The lowest BCUT2D eigenvalue weighted by molar-refractivity contribution is 0.0247. The molecule has 1 aromatic rings. The maximum atomic E-state index is 10.1. The number of ether oxygens (including phenoxy) is 1. The lowest BCUT2D eigenvalue weighted by Gasteiger charge is -2.23. The Bertz CT molecular complexity index is 449. The van der Waals surface area contributed by atoms with Crippen LogP contribution in [0.25, 0.3) is 0 Å². The zero-order chi connectivity index (χ0) is 15.0. The first-order chi connectivity index (χ1) is 9.50. The van der Waals surface area contributed by atoms with Crippen molar-refractivity contribution >= 4 is 5.84 Å². The molecular formula is C13H22N4O3. The predicted molar refractivity (Wildman–Crippen MR) is 75.6 cm³/mol. The number of aromatic nitrogens is 1. The van der Waals surface area contributed by atoms with E-state index in [1.165, 1.54) is 0 Å². The molecule has 0 aliphatic heterocycles. The molecule has 0 aliphatic carbocycles. The summed E-state index contributed by atoms with van der Waals surface area (Å²) in [4.78, 5) is 4.08. The zero-order valence-electron chi connectivity index (χ0n) is 11.8. The first-order valence-corrected chi connectivity index (χ1v) is 6.34. The number of hydrogen-bond donors (Lipinski definition) is 4. The fourth-order valence-corrected chi connectivity index (χ4v) is 1.74. The van der Waals surface area contributed by atoms with Crippen LogP contribution < -0.4 is 11.1 Å². The van der Waals surface area contributed by atoms with Crippen molar-refractivity contribution in [3.63, 3.8) is 0 Å². The Kier molecular flexibility index (Phi) is 6.37. The maximum absolute atomic E-state index is 10.1. The van der Waals surface area contributed by atoms with Gasteiger partial charge < -0.3 is 26.1 Å². The van der Waals surface area contributed by atoms with E-state index in [2.05, 4.69) is 15.5 Å². The van der Waals surface area contributed by atoms with Crippen LogP contribution >= 0.6 is 0 Å². The number of pyridine rings is 1. The number of hydrogen-bond acceptors (Lipinski definition) is 6. The van der Waals surface area contributed by atoms with E-state index in [1.54, 1.807) is 26.3 Å². The minimum absolute atomic E-state index is 0.0338. The van der Waals surface area contributed by atoms with Crippen LogP contribution in [0, 0.1) is 0 Å². The van der Waals surface area contributed by atoms with Crippen molar-refractivity contribution in [1.29, 1.82) is 0 Å². The van der Waals surface area contributed by atoms with Gasteiger partial charge in [0.05, 0.1) is 5.60 Å². The minimum atomic E-state index is -0.852. The molecule has 0 bridgehead atoms. The molecule has 0 amide bonds. The van der Waals surface area contributed by atoms with E-state index in [1.807, 2.05) is 6.07 Å². The standard InChI is InChI=1S/C13H22N4O3/c1-13(18,5-7-20-2)9-15-8-10-4-3-6-16-11(10)12(14)17-19/h3-4,6,15,18-19H,5,7-9H2,1-2H3,(H2,14,17). The molecule has 0 aliphatic rings. The molecule has 1 heterocycles. The Labute approximate surface area is 118 Å². The summed E-state index contributed by atoms with van der Waals surface area (Å²) in [6.45, 7) is 3.10. The van der Waals surface area contributed by atoms with Gasteiger partial charge in [0, 0.05) is 39.4 Å². The molecular weight excluding hydrogens is 260 g/mol. The van der Waals surface area contributed by atoms with E-state index < -0.39 is 5.60 Å². The number of nitrogens with zero attached hydrogens (tertiary/aromatic N) is 2. The molecule has 1 rings (SSSR count). The summed E-state index contributed by atoms with van der Waals surface area (Å²) >= 11 is 0. The first kappa shape index (κ1) is 16.4. The Morgan fingerprint density at radius 3 is 3.00 bits per heavy atom. The summed E-state index contributed by atoms with van der Waals surface area (Å²) in [6.07, 6.45) is 2.11. The fourth-order valence-electron chi connectivity index (χ4n) is 1.74. The molecule has 112 valence electrons. The van der Waals surface area contributed by atoms with Gasteiger partial charge in [0.15, 0.2) is 5.84 Å². The monoisotopic (exact) mass is 282 g/mol. The predicted octanol–water partition coefficient (Wildman–Crippen LogP) is 0.0532. The summed E-state index contributed by atoms with van der Waals surface area (Å²) in [6, 6.07) is 3.60. The Balaban J connectivity index is 2.58. The third kappa shape index (κ3) is 5.12. The second-order valence-corrected chi connectivity index (χ2v) is 4.84. The smallest absolute Gasteiger partial charge is 0.189 e. The van der Waals surface area contributed by atoms with Gasteiger partial charge in [0.2, 0.25) is 0 Å². The largest absolute Gasteiger partial charge is 0.409 e. The number of rotatable bonds is 8. The third-order valence-electron chi connectivity index (χ3n) is 2.91. The van der Waals surface area contributed by atoms with Crippen LogP contribution in [0.2, 0.25) is 0 Å². The highest BCUT2D eigenvalue weighted by atomic mass is 16.5. The van der Waals surface area contributed by atoms with Crippen molar-refractivity contribution in [3.05, 3.63) is 29.6 Å². The molecule has 0 saturated carbocycles. The summed E-state index contributed by atoms with van der Waals surface area (Å²) < 4.78 is 4.95. The van der Waals surface area contributed by atoms with Gasteiger partial charge in [-0.3, -0.25) is 4.98 Å². The molecule has 0 radical (unpaired) electrons. The molecule has 1 aromatic heterocycles. The van der Waals surface area contributed by atoms with Crippen molar-refractivity contribution in [2.45, 2.75) is 25.5 Å². The van der Waals surface area contributed by atoms with Gasteiger partial charge in [-0.1, -0.05) is 11.2 Å². The second-order valence-electron chi connectivity index (χ2n) is 4.84. The molecule has 7 heteroatoms. The van der Waals surface area contributed by atoms with Gasteiger partial charge >= 0.3 is 0 Å². The molecule has 5 N–H and O–H groups in total. The minimum Gasteiger partial charge on any atom is -0.409 e. The van der Waals surface area contributed by atoms with Crippen LogP contribution in [-0.2, 0) is 11.3 Å². The third-order valence-corrected chi connectivity index (χ3v) is 2.91. The molecule has 0 saturated heterocycles. The van der Waals surface area contributed by atoms with E-state index in [0.29, 0.717) is 31.8 Å². The average Bonchev–Trinajstić information content (AvgIpc) is 2.45. The molecule has 1 atom stereocenters. The van der Waals surface area contributed by atoms with Gasteiger partial charge in [-0.2, -0.15) is 0 Å².